The summed E-state index contributed by atoms with van der Waals surface area (Å²) < 4.78 is 30.1. The van der Waals surface area contributed by atoms with Crippen molar-refractivity contribution in [2.45, 2.75) is 38.5 Å². The van der Waals surface area contributed by atoms with Crippen LogP contribution < -0.4 is 20.7 Å². The number of carbonyl (C=O) groups excluding carboxylic acids is 2. The monoisotopic (exact) mass is 519 g/mol. The van der Waals surface area contributed by atoms with Crippen LogP contribution in [0.4, 0.5) is 25.8 Å². The Balaban J connectivity index is 2.27. The zero-order valence-corrected chi connectivity index (χ0v) is 19.1. The summed E-state index contributed by atoms with van der Waals surface area (Å²) in [5.74, 6) is -1.32. The first-order valence-corrected chi connectivity index (χ1v) is 10.3. The first-order valence-electron chi connectivity index (χ1n) is 9.12. The topological polar surface area (TPSA) is 99.7 Å². The SMILES string of the molecule is CC(C)Nc1c(Br)cc(C(=O)Nc2ccc(OC(F)(F)Cl)cc2)cc1NC(=O)[C@H](C)O. The number of hydrogen-bond acceptors (Lipinski definition) is 5. The van der Waals surface area contributed by atoms with Gasteiger partial charge in [-0.3, -0.25) is 9.59 Å². The van der Waals surface area contributed by atoms with Crippen molar-refractivity contribution in [1.29, 1.82) is 0 Å². The van der Waals surface area contributed by atoms with Crippen LogP contribution in [-0.2, 0) is 4.79 Å². The molecule has 0 heterocycles. The van der Waals surface area contributed by atoms with Gasteiger partial charge in [-0.15, -0.1) is 8.78 Å². The van der Waals surface area contributed by atoms with E-state index in [1.165, 1.54) is 37.3 Å². The van der Waals surface area contributed by atoms with Crippen molar-refractivity contribution in [3.05, 3.63) is 46.4 Å². The molecule has 0 saturated carbocycles. The van der Waals surface area contributed by atoms with Crippen molar-refractivity contribution in [3.8, 4) is 5.75 Å². The number of aliphatic hydroxyl groups is 1. The van der Waals surface area contributed by atoms with Gasteiger partial charge in [-0.1, -0.05) is 0 Å². The van der Waals surface area contributed by atoms with Gasteiger partial charge in [0.05, 0.1) is 11.4 Å². The van der Waals surface area contributed by atoms with Crippen molar-refractivity contribution in [1.82, 2.24) is 0 Å². The van der Waals surface area contributed by atoms with E-state index in [9.17, 15) is 23.5 Å². The number of benzene rings is 2. The van der Waals surface area contributed by atoms with Gasteiger partial charge < -0.3 is 25.8 Å². The predicted molar refractivity (Wildman–Crippen MR) is 119 cm³/mol. The van der Waals surface area contributed by atoms with Gasteiger partial charge in [0.25, 0.3) is 11.8 Å². The van der Waals surface area contributed by atoms with Crippen LogP contribution in [0.2, 0.25) is 0 Å². The third-order valence-corrected chi connectivity index (χ3v) is 4.47. The molecule has 0 spiro atoms. The smallest absolute Gasteiger partial charge is 0.420 e. The third-order valence-electron chi connectivity index (χ3n) is 3.77. The molecule has 0 aliphatic heterocycles. The highest BCUT2D eigenvalue weighted by atomic mass is 79.9. The molecule has 11 heteroatoms. The average molecular weight is 521 g/mol. The normalized spacial score (nSPS) is 12.3. The number of nitrogens with one attached hydrogen (secondary N) is 3. The fourth-order valence-electron chi connectivity index (χ4n) is 2.45. The Labute approximate surface area is 191 Å². The highest BCUT2D eigenvalue weighted by Crippen LogP contribution is 2.34. The molecule has 0 saturated heterocycles. The zero-order valence-electron chi connectivity index (χ0n) is 16.8. The lowest BCUT2D eigenvalue weighted by molar-refractivity contribution is -0.123. The van der Waals surface area contributed by atoms with E-state index in [1.807, 2.05) is 13.8 Å². The number of alkyl halides is 3. The molecule has 1 atom stereocenters. The van der Waals surface area contributed by atoms with Crippen molar-refractivity contribution in [2.24, 2.45) is 0 Å². The molecule has 0 aromatic heterocycles. The van der Waals surface area contributed by atoms with Crippen LogP contribution in [-0.4, -0.2) is 34.6 Å². The number of hydrogen-bond donors (Lipinski definition) is 4. The van der Waals surface area contributed by atoms with Crippen LogP contribution in [0.3, 0.4) is 0 Å². The second-order valence-corrected chi connectivity index (χ2v) is 8.17. The highest BCUT2D eigenvalue weighted by Gasteiger charge is 2.27. The first-order chi connectivity index (χ1) is 14.4. The van der Waals surface area contributed by atoms with E-state index in [0.29, 0.717) is 21.5 Å². The van der Waals surface area contributed by atoms with Gasteiger partial charge in [0.15, 0.2) is 0 Å². The lowest BCUT2D eigenvalue weighted by atomic mass is 10.1. The first kappa shape index (κ1) is 24.8. The molecule has 168 valence electrons. The molecule has 2 amide bonds. The van der Waals surface area contributed by atoms with Crippen LogP contribution in [0, 0.1) is 0 Å². The van der Waals surface area contributed by atoms with Gasteiger partial charge in [0.2, 0.25) is 0 Å². The molecular weight excluding hydrogens is 500 g/mol. The second kappa shape index (κ2) is 10.3. The Morgan fingerprint density at radius 1 is 1.13 bits per heavy atom. The number of halogens is 4. The standard InChI is InChI=1S/C20H21BrClF2N3O4/c1-10(2)25-17-15(21)8-12(9-16(17)27-18(29)11(3)28)19(30)26-13-4-6-14(7-5-13)31-20(22,23)24/h4-11,25,28H,1-3H3,(H,26,30)(H,27,29)/t11-/m0/s1. The average Bonchev–Trinajstić information content (AvgIpc) is 2.64. The highest BCUT2D eigenvalue weighted by molar-refractivity contribution is 9.10. The molecule has 2 aromatic rings. The summed E-state index contributed by atoms with van der Waals surface area (Å²) in [5.41, 5.74) is -2.47. The number of amides is 2. The molecule has 0 unspecified atom stereocenters. The lowest BCUT2D eigenvalue weighted by Crippen LogP contribution is -2.26. The van der Waals surface area contributed by atoms with Gasteiger partial charge in [-0.05, 0) is 73.1 Å². The van der Waals surface area contributed by atoms with Crippen LogP contribution in [0.25, 0.3) is 0 Å². The molecule has 7 nitrogen and oxygen atoms in total. The van der Waals surface area contributed by atoms with Gasteiger partial charge in [0.1, 0.15) is 11.9 Å². The number of carbonyl (C=O) groups is 2. The maximum Gasteiger partial charge on any atom is 0.487 e. The largest absolute Gasteiger partial charge is 0.487 e. The van der Waals surface area contributed by atoms with E-state index in [1.54, 1.807) is 6.07 Å². The van der Waals surface area contributed by atoms with E-state index < -0.39 is 23.5 Å². The molecule has 0 aliphatic rings. The fourth-order valence-corrected chi connectivity index (χ4v) is 3.12. The van der Waals surface area contributed by atoms with Gasteiger partial charge >= 0.3 is 5.57 Å². The Morgan fingerprint density at radius 2 is 1.74 bits per heavy atom. The lowest BCUT2D eigenvalue weighted by Gasteiger charge is -2.19. The van der Waals surface area contributed by atoms with Crippen molar-refractivity contribution < 1.29 is 28.2 Å². The quantitative estimate of drug-likeness (QED) is 0.367. The maximum atomic E-state index is 12.7. The Bertz CT molecular complexity index is 951. The second-order valence-electron chi connectivity index (χ2n) is 6.87. The Morgan fingerprint density at radius 3 is 2.26 bits per heavy atom. The van der Waals surface area contributed by atoms with E-state index >= 15 is 0 Å². The molecule has 4 N–H and O–H groups in total. The van der Waals surface area contributed by atoms with Gasteiger partial charge in [-0.25, -0.2) is 0 Å². The van der Waals surface area contributed by atoms with Crippen LogP contribution >= 0.6 is 27.5 Å². The summed E-state index contributed by atoms with van der Waals surface area (Å²) in [7, 11) is 0. The van der Waals surface area contributed by atoms with Crippen molar-refractivity contribution in [2.75, 3.05) is 16.0 Å². The van der Waals surface area contributed by atoms with Crippen molar-refractivity contribution >= 4 is 56.4 Å². The summed E-state index contributed by atoms with van der Waals surface area (Å²) in [6, 6.07) is 8.24. The summed E-state index contributed by atoms with van der Waals surface area (Å²) >= 11 is 8.11. The molecule has 0 aliphatic carbocycles. The molecular formula is C20H21BrClF2N3O4. The summed E-state index contributed by atoms with van der Waals surface area (Å²) in [6.45, 7) is 5.13. The van der Waals surface area contributed by atoms with E-state index in [0.717, 1.165) is 0 Å². The number of ether oxygens (including phenoxy) is 1. The third kappa shape index (κ3) is 7.64. The minimum Gasteiger partial charge on any atom is -0.420 e. The predicted octanol–water partition coefficient (Wildman–Crippen LogP) is 5.01. The van der Waals surface area contributed by atoms with Crippen LogP contribution in [0.15, 0.2) is 40.9 Å². The summed E-state index contributed by atoms with van der Waals surface area (Å²) in [4.78, 5) is 24.7. The molecule has 31 heavy (non-hydrogen) atoms. The summed E-state index contributed by atoms with van der Waals surface area (Å²) in [6.07, 6.45) is -1.25. The van der Waals surface area contributed by atoms with E-state index in [2.05, 4.69) is 36.6 Å². The zero-order chi connectivity index (χ0) is 23.3. The van der Waals surface area contributed by atoms with Gasteiger partial charge in [-0.2, -0.15) is 0 Å². The minimum absolute atomic E-state index is 0.0271. The number of anilines is 3. The molecule has 0 bridgehead atoms. The summed E-state index contributed by atoms with van der Waals surface area (Å²) in [5, 5.41) is 17.9. The Hall–Kier alpha value is -2.43. The van der Waals surface area contributed by atoms with Crippen molar-refractivity contribution in [3.63, 3.8) is 0 Å². The molecule has 0 fully saturated rings. The fraction of sp³-hybridized carbons (Fsp3) is 0.300. The Kier molecular flexibility index (Phi) is 8.21. The number of rotatable bonds is 8. The number of aliphatic hydroxyl groups excluding tert-OH is 1. The molecule has 2 aromatic carbocycles. The van der Waals surface area contributed by atoms with E-state index in [4.69, 9.17) is 11.6 Å². The van der Waals surface area contributed by atoms with E-state index in [-0.39, 0.29) is 17.4 Å². The molecule has 2 rings (SSSR count). The van der Waals surface area contributed by atoms with Gasteiger partial charge in [0, 0.05) is 33.4 Å². The van der Waals surface area contributed by atoms with Crippen LogP contribution in [0.1, 0.15) is 31.1 Å². The van der Waals surface area contributed by atoms with Crippen LogP contribution in [0.5, 0.6) is 5.75 Å². The molecule has 0 radical (unpaired) electrons. The maximum absolute atomic E-state index is 12.7. The minimum atomic E-state index is -3.84.